The summed E-state index contributed by atoms with van der Waals surface area (Å²) in [6.45, 7) is 5.10. The van der Waals surface area contributed by atoms with E-state index >= 15 is 0 Å². The van der Waals surface area contributed by atoms with E-state index in [2.05, 4.69) is 10.8 Å². The lowest BCUT2D eigenvalue weighted by Crippen LogP contribution is -2.38. The smallest absolute Gasteiger partial charge is 0.253 e. The summed E-state index contributed by atoms with van der Waals surface area (Å²) in [5, 5.41) is 1.15. The van der Waals surface area contributed by atoms with Crippen molar-refractivity contribution in [2.75, 3.05) is 13.1 Å². The lowest BCUT2D eigenvalue weighted by atomic mass is 9.97. The predicted octanol–water partition coefficient (Wildman–Crippen LogP) is 4.39. The van der Waals surface area contributed by atoms with E-state index in [1.165, 1.54) is 16.8 Å². The number of nitrogens with zero attached hydrogens (tertiary/aromatic N) is 2. The van der Waals surface area contributed by atoms with E-state index in [1.54, 1.807) is 23.5 Å². The Bertz CT molecular complexity index is 1130. The van der Waals surface area contributed by atoms with Gasteiger partial charge >= 0.3 is 0 Å². The molecule has 1 aromatic heterocycles. The van der Waals surface area contributed by atoms with Gasteiger partial charge in [0.25, 0.3) is 5.91 Å². The lowest BCUT2D eigenvalue weighted by Gasteiger charge is -2.31. The molecule has 8 heteroatoms. The Balaban J connectivity index is 1.39. The number of sulfonamides is 1. The zero-order valence-corrected chi connectivity index (χ0v) is 19.4. The number of amides is 1. The van der Waals surface area contributed by atoms with Crippen LogP contribution in [0.25, 0.3) is 10.2 Å². The van der Waals surface area contributed by atoms with Crippen LogP contribution in [0.3, 0.4) is 0 Å². The number of piperidine rings is 1. The van der Waals surface area contributed by atoms with Crippen molar-refractivity contribution < 1.29 is 13.2 Å². The van der Waals surface area contributed by atoms with E-state index in [0.29, 0.717) is 31.0 Å². The van der Waals surface area contributed by atoms with Crippen molar-refractivity contribution in [3.8, 4) is 0 Å². The number of para-hydroxylation sites is 1. The first-order valence-corrected chi connectivity index (χ1v) is 12.9. The summed E-state index contributed by atoms with van der Waals surface area (Å²) >= 11 is 1.74. The fourth-order valence-corrected chi connectivity index (χ4v) is 6.23. The van der Waals surface area contributed by atoms with Crippen LogP contribution < -0.4 is 4.72 Å². The van der Waals surface area contributed by atoms with Crippen molar-refractivity contribution in [1.29, 1.82) is 0 Å². The summed E-state index contributed by atoms with van der Waals surface area (Å²) in [4.78, 5) is 19.7. The zero-order valence-electron chi connectivity index (χ0n) is 17.7. The summed E-state index contributed by atoms with van der Waals surface area (Å²) < 4.78 is 28.7. The van der Waals surface area contributed by atoms with Gasteiger partial charge in [-0.1, -0.05) is 19.1 Å². The number of fused-ring (bicyclic) bond motifs is 1. The van der Waals surface area contributed by atoms with E-state index < -0.39 is 10.0 Å². The Kier molecular flexibility index (Phi) is 6.41. The fraction of sp³-hybridized carbons (Fsp3) is 0.391. The second-order valence-electron chi connectivity index (χ2n) is 8.04. The number of aromatic nitrogens is 1. The van der Waals surface area contributed by atoms with Crippen LogP contribution in [0, 0.1) is 0 Å². The summed E-state index contributed by atoms with van der Waals surface area (Å²) in [5.74, 6) is 0.321. The van der Waals surface area contributed by atoms with Gasteiger partial charge in [0.15, 0.2) is 0 Å². The zero-order chi connectivity index (χ0) is 22.0. The molecule has 1 atom stereocenters. The minimum absolute atomic E-state index is 0.0541. The standard InChI is InChI=1S/C23H27N3O3S2/c1-3-16(2)25-31(28,29)19-10-8-18(9-11-19)23(27)26-14-12-17(13-15-26)22-24-20-6-4-5-7-21(20)30-22/h4-11,16-17,25H,3,12-15H2,1-2H3. The number of rotatable bonds is 6. The van der Waals surface area contributed by atoms with Crippen LogP contribution in [-0.2, 0) is 10.0 Å². The molecule has 0 radical (unpaired) electrons. The maximum atomic E-state index is 12.9. The molecular weight excluding hydrogens is 430 g/mol. The molecule has 1 aliphatic rings. The highest BCUT2D eigenvalue weighted by atomic mass is 32.2. The largest absolute Gasteiger partial charge is 0.339 e. The molecular formula is C23H27N3O3S2. The van der Waals surface area contributed by atoms with Gasteiger partial charge in [-0.3, -0.25) is 4.79 Å². The molecule has 1 unspecified atom stereocenters. The van der Waals surface area contributed by atoms with Crippen molar-refractivity contribution in [3.05, 3.63) is 59.1 Å². The van der Waals surface area contributed by atoms with E-state index in [4.69, 9.17) is 4.98 Å². The number of benzene rings is 2. The lowest BCUT2D eigenvalue weighted by molar-refractivity contribution is 0.0713. The normalized spacial score (nSPS) is 16.5. The van der Waals surface area contributed by atoms with Gasteiger partial charge in [-0.25, -0.2) is 18.1 Å². The number of hydrogen-bond donors (Lipinski definition) is 1. The highest BCUT2D eigenvalue weighted by Gasteiger charge is 2.27. The monoisotopic (exact) mass is 457 g/mol. The van der Waals surface area contributed by atoms with Crippen LogP contribution in [0.1, 0.15) is 54.4 Å². The van der Waals surface area contributed by atoms with Gasteiger partial charge in [-0.05, 0) is 62.6 Å². The molecule has 1 aliphatic heterocycles. The molecule has 2 heterocycles. The third-order valence-corrected chi connectivity index (χ3v) is 8.63. The number of likely N-dealkylation sites (tertiary alicyclic amines) is 1. The van der Waals surface area contributed by atoms with Crippen molar-refractivity contribution in [2.24, 2.45) is 0 Å². The molecule has 6 nitrogen and oxygen atoms in total. The van der Waals surface area contributed by atoms with E-state index in [-0.39, 0.29) is 16.8 Å². The Labute approximate surface area is 187 Å². The van der Waals surface area contributed by atoms with Crippen molar-refractivity contribution >= 4 is 37.5 Å². The molecule has 1 N–H and O–H groups in total. The molecule has 0 saturated carbocycles. The number of nitrogens with one attached hydrogen (secondary N) is 1. The minimum Gasteiger partial charge on any atom is -0.339 e. The Morgan fingerprint density at radius 2 is 1.84 bits per heavy atom. The van der Waals surface area contributed by atoms with Gasteiger partial charge in [0.1, 0.15) is 0 Å². The van der Waals surface area contributed by atoms with Crippen LogP contribution in [0.2, 0.25) is 0 Å². The van der Waals surface area contributed by atoms with E-state index in [9.17, 15) is 13.2 Å². The molecule has 4 rings (SSSR count). The highest BCUT2D eigenvalue weighted by Crippen LogP contribution is 2.34. The quantitative estimate of drug-likeness (QED) is 0.595. The van der Waals surface area contributed by atoms with Crippen LogP contribution in [0.15, 0.2) is 53.4 Å². The third-order valence-electron chi connectivity index (χ3n) is 5.82. The summed E-state index contributed by atoms with van der Waals surface area (Å²) in [7, 11) is -3.57. The molecule has 1 saturated heterocycles. The molecule has 0 spiro atoms. The molecule has 1 amide bonds. The Morgan fingerprint density at radius 3 is 2.48 bits per heavy atom. The van der Waals surface area contributed by atoms with Crippen LogP contribution >= 0.6 is 11.3 Å². The van der Waals surface area contributed by atoms with Gasteiger partial charge in [0, 0.05) is 30.6 Å². The first kappa shape index (κ1) is 21.9. The maximum absolute atomic E-state index is 12.9. The third kappa shape index (κ3) is 4.81. The molecule has 0 bridgehead atoms. The second kappa shape index (κ2) is 9.06. The maximum Gasteiger partial charge on any atom is 0.253 e. The van der Waals surface area contributed by atoms with Gasteiger partial charge in [-0.2, -0.15) is 0 Å². The van der Waals surface area contributed by atoms with Gasteiger partial charge in [0.2, 0.25) is 10.0 Å². The van der Waals surface area contributed by atoms with Crippen molar-refractivity contribution in [3.63, 3.8) is 0 Å². The van der Waals surface area contributed by atoms with Crippen LogP contribution in [-0.4, -0.2) is 43.3 Å². The highest BCUT2D eigenvalue weighted by molar-refractivity contribution is 7.89. The Hall–Kier alpha value is -2.29. The first-order chi connectivity index (χ1) is 14.9. The molecule has 1 fully saturated rings. The fourth-order valence-electron chi connectivity index (χ4n) is 3.77. The minimum atomic E-state index is -3.57. The van der Waals surface area contributed by atoms with Crippen LogP contribution in [0.4, 0.5) is 0 Å². The summed E-state index contributed by atoms with van der Waals surface area (Å²) in [6, 6.07) is 14.3. The topological polar surface area (TPSA) is 79.4 Å². The molecule has 2 aromatic carbocycles. The number of carbonyl (C=O) groups excluding carboxylic acids is 1. The first-order valence-electron chi connectivity index (χ1n) is 10.6. The second-order valence-corrected chi connectivity index (χ2v) is 10.8. The number of carbonyl (C=O) groups is 1. The van der Waals surface area contributed by atoms with E-state index in [0.717, 1.165) is 23.4 Å². The summed E-state index contributed by atoms with van der Waals surface area (Å²) in [6.07, 6.45) is 2.48. The van der Waals surface area contributed by atoms with Crippen molar-refractivity contribution in [2.45, 2.75) is 50.0 Å². The number of hydrogen-bond acceptors (Lipinski definition) is 5. The molecule has 164 valence electrons. The van der Waals surface area contributed by atoms with Gasteiger partial charge < -0.3 is 4.90 Å². The predicted molar refractivity (Wildman–Crippen MR) is 124 cm³/mol. The van der Waals surface area contributed by atoms with Crippen molar-refractivity contribution in [1.82, 2.24) is 14.6 Å². The van der Waals surface area contributed by atoms with Gasteiger partial charge in [0.05, 0.1) is 20.1 Å². The molecule has 31 heavy (non-hydrogen) atoms. The SMILES string of the molecule is CCC(C)NS(=O)(=O)c1ccc(C(=O)N2CCC(c3nc4ccccc4s3)CC2)cc1. The average Bonchev–Trinajstić information content (AvgIpc) is 3.23. The Morgan fingerprint density at radius 1 is 1.16 bits per heavy atom. The number of thiazole rings is 1. The van der Waals surface area contributed by atoms with Gasteiger partial charge in [-0.15, -0.1) is 11.3 Å². The summed E-state index contributed by atoms with van der Waals surface area (Å²) in [5.41, 5.74) is 1.56. The average molecular weight is 458 g/mol. The van der Waals surface area contributed by atoms with E-state index in [1.807, 2.05) is 36.9 Å². The van der Waals surface area contributed by atoms with Crippen LogP contribution in [0.5, 0.6) is 0 Å². The molecule has 0 aliphatic carbocycles. The molecule has 3 aromatic rings.